The summed E-state index contributed by atoms with van der Waals surface area (Å²) < 4.78 is 5.49. The molecule has 25 heavy (non-hydrogen) atoms. The largest absolute Gasteiger partial charge is 0.482 e. The highest BCUT2D eigenvalue weighted by Gasteiger charge is 2.24. The molecule has 0 unspecified atom stereocenters. The Bertz CT molecular complexity index is 703. The summed E-state index contributed by atoms with van der Waals surface area (Å²) in [5.41, 5.74) is 1.26. The summed E-state index contributed by atoms with van der Waals surface area (Å²) in [5, 5.41) is 8.14. The number of ether oxygens (including phenoxy) is 1. The number of hydrogen-bond acceptors (Lipinski definition) is 4. The van der Waals surface area contributed by atoms with Crippen molar-refractivity contribution >= 4 is 40.4 Å². The van der Waals surface area contributed by atoms with E-state index in [1.165, 1.54) is 18.4 Å². The summed E-state index contributed by atoms with van der Waals surface area (Å²) in [4.78, 5) is 14.6. The number of hydrogen-bond donors (Lipinski definition) is 1. The highest BCUT2D eigenvalue weighted by atomic mass is 35.5. The minimum absolute atomic E-state index is 0.0717. The Labute approximate surface area is 161 Å². The Morgan fingerprint density at radius 2 is 2.08 bits per heavy atom. The molecule has 3 rings (SSSR count). The fourth-order valence-corrected chi connectivity index (χ4v) is 4.14. The molecule has 1 saturated heterocycles. The van der Waals surface area contributed by atoms with Crippen LogP contribution in [0.3, 0.4) is 0 Å². The van der Waals surface area contributed by atoms with E-state index < -0.39 is 0 Å². The van der Waals surface area contributed by atoms with Gasteiger partial charge < -0.3 is 10.1 Å². The van der Waals surface area contributed by atoms with E-state index in [0.717, 1.165) is 13.1 Å². The van der Waals surface area contributed by atoms with Crippen LogP contribution in [0.15, 0.2) is 35.0 Å². The van der Waals surface area contributed by atoms with E-state index in [4.69, 9.17) is 27.9 Å². The second-order valence-corrected chi connectivity index (χ2v) is 7.61. The molecule has 0 saturated carbocycles. The fraction of sp³-hybridized carbons (Fsp3) is 0.389. The predicted octanol–water partition coefficient (Wildman–Crippen LogP) is 4.39. The molecule has 1 N–H and O–H groups in total. The molecule has 2 aromatic rings. The number of amides is 1. The molecule has 0 radical (unpaired) electrons. The third-order valence-electron chi connectivity index (χ3n) is 4.25. The molecule has 134 valence electrons. The quantitative estimate of drug-likeness (QED) is 0.751. The summed E-state index contributed by atoms with van der Waals surface area (Å²) >= 11 is 13.6. The first-order chi connectivity index (χ1) is 12.1. The first kappa shape index (κ1) is 18.5. The third-order valence-corrected chi connectivity index (χ3v) is 5.49. The normalized spacial score (nSPS) is 15.9. The molecule has 7 heteroatoms. The zero-order valence-electron chi connectivity index (χ0n) is 13.7. The Kier molecular flexibility index (Phi) is 6.59. The Hall–Kier alpha value is -1.27. The third kappa shape index (κ3) is 5.11. The van der Waals surface area contributed by atoms with Crippen LogP contribution in [0.4, 0.5) is 0 Å². The van der Waals surface area contributed by atoms with Crippen LogP contribution < -0.4 is 10.1 Å². The van der Waals surface area contributed by atoms with Crippen LogP contribution in [0, 0.1) is 0 Å². The van der Waals surface area contributed by atoms with Gasteiger partial charge >= 0.3 is 0 Å². The van der Waals surface area contributed by atoms with E-state index in [0.29, 0.717) is 22.3 Å². The lowest BCUT2D eigenvalue weighted by Gasteiger charge is -2.27. The lowest BCUT2D eigenvalue weighted by atomic mass is 10.1. The number of rotatable bonds is 7. The molecular weight excluding hydrogens is 379 g/mol. The highest BCUT2D eigenvalue weighted by Crippen LogP contribution is 2.28. The number of carbonyl (C=O) groups excluding carboxylic acids is 1. The van der Waals surface area contributed by atoms with Crippen molar-refractivity contribution in [3.8, 4) is 5.75 Å². The van der Waals surface area contributed by atoms with Crippen LogP contribution in [0.25, 0.3) is 0 Å². The maximum atomic E-state index is 12.2. The molecule has 1 aromatic carbocycles. The molecule has 1 aliphatic heterocycles. The SMILES string of the molecule is O=C(COc1ccc(Cl)cc1Cl)NC[C@@H](c1ccsc1)N1CCCC1. The monoisotopic (exact) mass is 398 g/mol. The van der Waals surface area contributed by atoms with Gasteiger partial charge in [0.1, 0.15) is 5.75 Å². The summed E-state index contributed by atoms with van der Waals surface area (Å²) in [7, 11) is 0. The van der Waals surface area contributed by atoms with Crippen LogP contribution in [0.5, 0.6) is 5.75 Å². The zero-order valence-corrected chi connectivity index (χ0v) is 16.0. The Morgan fingerprint density at radius 1 is 1.28 bits per heavy atom. The number of halogens is 2. The van der Waals surface area contributed by atoms with E-state index in [-0.39, 0.29) is 18.6 Å². The smallest absolute Gasteiger partial charge is 0.258 e. The van der Waals surface area contributed by atoms with E-state index in [9.17, 15) is 4.79 Å². The average Bonchev–Trinajstić information content (AvgIpc) is 3.28. The van der Waals surface area contributed by atoms with Gasteiger partial charge in [0.15, 0.2) is 6.61 Å². The molecule has 1 aliphatic rings. The molecule has 2 heterocycles. The minimum atomic E-state index is -0.162. The topological polar surface area (TPSA) is 41.6 Å². The van der Waals surface area contributed by atoms with E-state index in [1.807, 2.05) is 0 Å². The molecule has 0 bridgehead atoms. The van der Waals surface area contributed by atoms with Crippen molar-refractivity contribution in [2.75, 3.05) is 26.2 Å². The van der Waals surface area contributed by atoms with Crippen molar-refractivity contribution in [2.45, 2.75) is 18.9 Å². The number of thiophene rings is 1. The first-order valence-electron chi connectivity index (χ1n) is 8.24. The molecule has 1 fully saturated rings. The fourth-order valence-electron chi connectivity index (χ4n) is 2.97. The van der Waals surface area contributed by atoms with E-state index in [2.05, 4.69) is 27.0 Å². The summed E-state index contributed by atoms with van der Waals surface area (Å²) in [6, 6.07) is 7.29. The van der Waals surface area contributed by atoms with Gasteiger partial charge in [0, 0.05) is 11.6 Å². The van der Waals surface area contributed by atoms with E-state index in [1.54, 1.807) is 29.5 Å². The maximum absolute atomic E-state index is 12.2. The summed E-state index contributed by atoms with van der Waals surface area (Å²) in [6.07, 6.45) is 2.43. The lowest BCUT2D eigenvalue weighted by molar-refractivity contribution is -0.123. The van der Waals surface area contributed by atoms with Gasteiger partial charge in [-0.3, -0.25) is 9.69 Å². The molecule has 0 spiro atoms. The number of likely N-dealkylation sites (tertiary alicyclic amines) is 1. The van der Waals surface area contributed by atoms with Crippen molar-refractivity contribution in [3.63, 3.8) is 0 Å². The van der Waals surface area contributed by atoms with E-state index >= 15 is 0 Å². The van der Waals surface area contributed by atoms with Crippen LogP contribution in [0.1, 0.15) is 24.4 Å². The van der Waals surface area contributed by atoms with Crippen molar-refractivity contribution in [1.82, 2.24) is 10.2 Å². The highest BCUT2D eigenvalue weighted by molar-refractivity contribution is 7.08. The molecule has 1 amide bonds. The summed E-state index contributed by atoms with van der Waals surface area (Å²) in [5.74, 6) is 0.292. The van der Waals surface area contributed by atoms with Gasteiger partial charge in [-0.2, -0.15) is 11.3 Å². The standard InChI is InChI=1S/C18H20Cl2N2O2S/c19-14-3-4-17(15(20)9-14)24-11-18(23)21-10-16(13-5-8-25-12-13)22-6-1-2-7-22/h3-5,8-9,12,16H,1-2,6-7,10-11H2,(H,21,23)/t16-/m0/s1. The van der Waals surface area contributed by atoms with Crippen LogP contribution in [0.2, 0.25) is 10.0 Å². The van der Waals surface area contributed by atoms with Crippen LogP contribution >= 0.6 is 34.5 Å². The van der Waals surface area contributed by atoms with Gasteiger partial charge in [-0.05, 0) is 66.5 Å². The maximum Gasteiger partial charge on any atom is 0.258 e. The molecule has 1 atom stereocenters. The molecule has 4 nitrogen and oxygen atoms in total. The zero-order chi connectivity index (χ0) is 17.6. The minimum Gasteiger partial charge on any atom is -0.482 e. The van der Waals surface area contributed by atoms with Crippen molar-refractivity contribution in [3.05, 3.63) is 50.6 Å². The number of carbonyl (C=O) groups is 1. The van der Waals surface area contributed by atoms with Gasteiger partial charge in [0.25, 0.3) is 5.91 Å². The predicted molar refractivity (Wildman–Crippen MR) is 103 cm³/mol. The Morgan fingerprint density at radius 3 is 2.76 bits per heavy atom. The molecular formula is C18H20Cl2N2O2S. The van der Waals surface area contributed by atoms with Gasteiger partial charge in [-0.25, -0.2) is 0 Å². The van der Waals surface area contributed by atoms with Gasteiger partial charge in [0.2, 0.25) is 0 Å². The van der Waals surface area contributed by atoms with Gasteiger partial charge in [-0.15, -0.1) is 0 Å². The van der Waals surface area contributed by atoms with Gasteiger partial charge in [0.05, 0.1) is 11.1 Å². The van der Waals surface area contributed by atoms with Gasteiger partial charge in [-0.1, -0.05) is 23.2 Å². The average molecular weight is 399 g/mol. The van der Waals surface area contributed by atoms with Crippen molar-refractivity contribution in [1.29, 1.82) is 0 Å². The lowest BCUT2D eigenvalue weighted by Crippen LogP contribution is -2.38. The molecule has 0 aliphatic carbocycles. The second-order valence-electron chi connectivity index (χ2n) is 5.98. The summed E-state index contributed by atoms with van der Waals surface area (Å²) in [6.45, 7) is 2.66. The Balaban J connectivity index is 1.53. The number of benzene rings is 1. The van der Waals surface area contributed by atoms with Crippen molar-refractivity contribution < 1.29 is 9.53 Å². The second kappa shape index (κ2) is 8.90. The van der Waals surface area contributed by atoms with Crippen molar-refractivity contribution in [2.24, 2.45) is 0 Å². The number of nitrogens with zero attached hydrogens (tertiary/aromatic N) is 1. The first-order valence-corrected chi connectivity index (χ1v) is 9.94. The van der Waals surface area contributed by atoms with Crippen LogP contribution in [-0.2, 0) is 4.79 Å². The molecule has 1 aromatic heterocycles. The van der Waals surface area contributed by atoms with Crippen LogP contribution in [-0.4, -0.2) is 37.0 Å². The number of nitrogens with one attached hydrogen (secondary N) is 1.